The summed E-state index contributed by atoms with van der Waals surface area (Å²) < 4.78 is 4.24. The minimum atomic E-state index is -0.765. The lowest BCUT2D eigenvalue weighted by molar-refractivity contribution is -0.140. The van der Waals surface area contributed by atoms with Crippen LogP contribution >= 0.6 is 11.5 Å². The number of rotatable bonds is 2. The van der Waals surface area contributed by atoms with Gasteiger partial charge in [-0.05, 0) is 24.4 Å². The number of carbonyl (C=O) groups is 1. The van der Waals surface area contributed by atoms with Crippen molar-refractivity contribution in [2.75, 3.05) is 0 Å². The Bertz CT molecular complexity index is 402. The van der Waals surface area contributed by atoms with Crippen molar-refractivity contribution in [3.8, 4) is 0 Å². The van der Waals surface area contributed by atoms with Crippen molar-refractivity contribution in [2.24, 2.45) is 0 Å². The molecule has 5 heteroatoms. The van der Waals surface area contributed by atoms with E-state index in [0.29, 0.717) is 17.8 Å². The molecule has 1 saturated carbocycles. The van der Waals surface area contributed by atoms with Crippen LogP contribution < -0.4 is 0 Å². The molecule has 0 saturated heterocycles. The van der Waals surface area contributed by atoms with Gasteiger partial charge in [-0.15, -0.1) is 0 Å². The number of aliphatic carboxylic acids is 1. The van der Waals surface area contributed by atoms with E-state index >= 15 is 0 Å². The minimum absolute atomic E-state index is 0.108. The average molecular weight is 226 g/mol. The van der Waals surface area contributed by atoms with Gasteiger partial charge < -0.3 is 5.11 Å². The molecule has 0 aliphatic heterocycles. The highest BCUT2D eigenvalue weighted by Crippen LogP contribution is 2.49. The van der Waals surface area contributed by atoms with Gasteiger partial charge in [0, 0.05) is 5.41 Å². The lowest BCUT2D eigenvalue weighted by Gasteiger charge is -2.12. The van der Waals surface area contributed by atoms with Crippen molar-refractivity contribution in [3.63, 3.8) is 0 Å². The van der Waals surface area contributed by atoms with Gasteiger partial charge in [0.05, 0.1) is 0 Å². The molecule has 0 spiro atoms. The summed E-state index contributed by atoms with van der Waals surface area (Å²) in [6.07, 6.45) is 1.39. The van der Waals surface area contributed by atoms with E-state index in [0.717, 1.165) is 5.82 Å². The summed E-state index contributed by atoms with van der Waals surface area (Å²) >= 11 is 1.23. The van der Waals surface area contributed by atoms with Gasteiger partial charge >= 0.3 is 5.97 Å². The molecule has 1 aliphatic rings. The van der Waals surface area contributed by atoms with Gasteiger partial charge in [-0.25, -0.2) is 4.98 Å². The van der Waals surface area contributed by atoms with Crippen molar-refractivity contribution in [1.29, 1.82) is 0 Å². The standard InChI is InChI=1S/C10H14N2O2S/c1-9(2,3)6-11-7(15-12-6)10(4-5-10)8(13)14/h4-5H2,1-3H3,(H,13,14). The molecular formula is C10H14N2O2S. The molecule has 1 heterocycles. The van der Waals surface area contributed by atoms with E-state index in [1.807, 2.05) is 20.8 Å². The van der Waals surface area contributed by atoms with Crippen LogP contribution in [0.25, 0.3) is 0 Å². The number of carboxylic acid groups (broad SMARTS) is 1. The molecule has 4 nitrogen and oxygen atoms in total. The first-order valence-corrected chi connectivity index (χ1v) is 5.72. The molecule has 82 valence electrons. The molecule has 15 heavy (non-hydrogen) atoms. The van der Waals surface area contributed by atoms with Crippen molar-refractivity contribution in [3.05, 3.63) is 10.8 Å². The van der Waals surface area contributed by atoms with Crippen LogP contribution in [0.1, 0.15) is 44.4 Å². The maximum Gasteiger partial charge on any atom is 0.316 e. The SMILES string of the molecule is CC(C)(C)c1nsc(C2(C(=O)O)CC2)n1. The zero-order valence-electron chi connectivity index (χ0n) is 9.07. The Morgan fingerprint density at radius 3 is 2.40 bits per heavy atom. The van der Waals surface area contributed by atoms with Crippen LogP contribution in [0.2, 0.25) is 0 Å². The number of nitrogens with zero attached hydrogens (tertiary/aromatic N) is 2. The Morgan fingerprint density at radius 1 is 1.47 bits per heavy atom. The minimum Gasteiger partial charge on any atom is -0.481 e. The lowest BCUT2D eigenvalue weighted by atomic mass is 9.96. The molecule has 1 N–H and O–H groups in total. The number of hydrogen-bond acceptors (Lipinski definition) is 4. The van der Waals surface area contributed by atoms with Gasteiger partial charge in [0.1, 0.15) is 16.2 Å². The molecule has 1 fully saturated rings. The third-order valence-corrected chi connectivity index (χ3v) is 3.58. The van der Waals surface area contributed by atoms with E-state index in [4.69, 9.17) is 5.11 Å². The first kappa shape index (κ1) is 10.5. The second-order valence-electron chi connectivity index (χ2n) is 5.06. The second kappa shape index (κ2) is 3.01. The Hall–Kier alpha value is -0.970. The summed E-state index contributed by atoms with van der Waals surface area (Å²) in [7, 11) is 0. The molecular weight excluding hydrogens is 212 g/mol. The molecule has 1 aromatic heterocycles. The summed E-state index contributed by atoms with van der Waals surface area (Å²) in [5.41, 5.74) is -0.815. The van der Waals surface area contributed by atoms with E-state index in [-0.39, 0.29) is 5.41 Å². The molecule has 0 atom stereocenters. The van der Waals surface area contributed by atoms with E-state index in [1.165, 1.54) is 11.5 Å². The molecule has 0 radical (unpaired) electrons. The van der Waals surface area contributed by atoms with Crippen LogP contribution in [0.15, 0.2) is 0 Å². The van der Waals surface area contributed by atoms with Gasteiger partial charge in [0.15, 0.2) is 0 Å². The highest BCUT2D eigenvalue weighted by Gasteiger charge is 2.54. The third kappa shape index (κ3) is 1.65. The predicted molar refractivity (Wildman–Crippen MR) is 57.2 cm³/mol. The second-order valence-corrected chi connectivity index (χ2v) is 5.81. The van der Waals surface area contributed by atoms with Gasteiger partial charge in [0.25, 0.3) is 0 Å². The van der Waals surface area contributed by atoms with E-state index in [2.05, 4.69) is 9.36 Å². The first-order valence-electron chi connectivity index (χ1n) is 4.94. The lowest BCUT2D eigenvalue weighted by Crippen LogP contribution is -2.20. The van der Waals surface area contributed by atoms with Gasteiger partial charge in [0.2, 0.25) is 0 Å². The van der Waals surface area contributed by atoms with Crippen LogP contribution in [0.3, 0.4) is 0 Å². The first-order chi connectivity index (χ1) is 6.86. The predicted octanol–water partition coefficient (Wildman–Crippen LogP) is 1.95. The normalized spacial score (nSPS) is 18.9. The van der Waals surface area contributed by atoms with Crippen molar-refractivity contribution in [1.82, 2.24) is 9.36 Å². The summed E-state index contributed by atoms with van der Waals surface area (Å²) in [6.45, 7) is 6.08. The molecule has 1 aromatic rings. The summed E-state index contributed by atoms with van der Waals surface area (Å²) in [5.74, 6) is -0.0193. The van der Waals surface area contributed by atoms with E-state index < -0.39 is 11.4 Å². The topological polar surface area (TPSA) is 63.1 Å². The Balaban J connectivity index is 2.33. The quantitative estimate of drug-likeness (QED) is 0.837. The maximum absolute atomic E-state index is 11.1. The fraction of sp³-hybridized carbons (Fsp3) is 0.700. The highest BCUT2D eigenvalue weighted by atomic mass is 32.1. The highest BCUT2D eigenvalue weighted by molar-refractivity contribution is 7.05. The third-order valence-electron chi connectivity index (χ3n) is 2.67. The van der Waals surface area contributed by atoms with Gasteiger partial charge in [-0.3, -0.25) is 4.79 Å². The van der Waals surface area contributed by atoms with Crippen LogP contribution in [0, 0.1) is 0 Å². The zero-order valence-corrected chi connectivity index (χ0v) is 9.89. The molecule has 1 aliphatic carbocycles. The Morgan fingerprint density at radius 2 is 2.07 bits per heavy atom. The van der Waals surface area contributed by atoms with E-state index in [1.54, 1.807) is 0 Å². The number of carboxylic acids is 1. The monoisotopic (exact) mass is 226 g/mol. The van der Waals surface area contributed by atoms with Crippen LogP contribution in [0.5, 0.6) is 0 Å². The summed E-state index contributed by atoms with van der Waals surface area (Å²) in [5, 5.41) is 9.77. The molecule has 0 amide bonds. The van der Waals surface area contributed by atoms with E-state index in [9.17, 15) is 4.79 Å². The average Bonchev–Trinajstić information content (AvgIpc) is 2.75. The number of hydrogen-bond donors (Lipinski definition) is 1. The molecule has 0 aromatic carbocycles. The van der Waals surface area contributed by atoms with Gasteiger partial charge in [-0.2, -0.15) is 4.37 Å². The number of aromatic nitrogens is 2. The van der Waals surface area contributed by atoms with Crippen LogP contribution in [-0.2, 0) is 15.6 Å². The summed E-state index contributed by atoms with van der Waals surface area (Å²) in [6, 6.07) is 0. The van der Waals surface area contributed by atoms with Crippen molar-refractivity contribution >= 4 is 17.5 Å². The van der Waals surface area contributed by atoms with Crippen molar-refractivity contribution in [2.45, 2.75) is 44.4 Å². The van der Waals surface area contributed by atoms with Gasteiger partial charge in [-0.1, -0.05) is 20.8 Å². The summed E-state index contributed by atoms with van der Waals surface area (Å²) in [4.78, 5) is 15.4. The van der Waals surface area contributed by atoms with Crippen LogP contribution in [0.4, 0.5) is 0 Å². The molecule has 0 unspecified atom stereocenters. The van der Waals surface area contributed by atoms with Crippen molar-refractivity contribution < 1.29 is 9.90 Å². The maximum atomic E-state index is 11.1. The zero-order chi connectivity index (χ0) is 11.3. The largest absolute Gasteiger partial charge is 0.481 e. The smallest absolute Gasteiger partial charge is 0.316 e. The fourth-order valence-corrected chi connectivity index (χ4v) is 2.45. The van der Waals surface area contributed by atoms with Crippen LogP contribution in [-0.4, -0.2) is 20.4 Å². The molecule has 2 rings (SSSR count). The Labute approximate surface area is 92.5 Å². The fourth-order valence-electron chi connectivity index (χ4n) is 1.37. The molecule has 0 bridgehead atoms. The Kier molecular flexibility index (Phi) is 2.12.